The number of rotatable bonds is 4. The molecule has 0 atom stereocenters. The minimum atomic E-state index is 1.17. The van der Waals surface area contributed by atoms with Crippen LogP contribution in [0.15, 0.2) is 188 Å². The van der Waals surface area contributed by atoms with Crippen LogP contribution < -0.4 is 0 Å². The lowest BCUT2D eigenvalue weighted by molar-refractivity contribution is 1.18. The van der Waals surface area contributed by atoms with Crippen molar-refractivity contribution in [2.45, 2.75) is 0 Å². The van der Waals surface area contributed by atoms with Gasteiger partial charge in [0.25, 0.3) is 0 Å². The zero-order chi connectivity index (χ0) is 32.3. The molecule has 0 unspecified atom stereocenters. The smallest absolute Gasteiger partial charge is 0.0547 e. The first-order chi connectivity index (χ1) is 24.3. The van der Waals surface area contributed by atoms with Gasteiger partial charge in [-0.1, -0.05) is 164 Å². The van der Waals surface area contributed by atoms with Crippen molar-refractivity contribution in [3.05, 3.63) is 188 Å². The first-order valence-corrected chi connectivity index (χ1v) is 17.0. The Labute approximate surface area is 284 Å². The summed E-state index contributed by atoms with van der Waals surface area (Å²) >= 11 is 0. The molecule has 0 bridgehead atoms. The second-order valence-corrected chi connectivity index (χ2v) is 12.8. The monoisotopic (exact) mass is 621 g/mol. The van der Waals surface area contributed by atoms with Crippen LogP contribution in [-0.2, 0) is 0 Å². The number of nitrogens with zero attached hydrogens (tertiary/aromatic N) is 1. The van der Waals surface area contributed by atoms with Gasteiger partial charge in [-0.15, -0.1) is 0 Å². The van der Waals surface area contributed by atoms with Crippen molar-refractivity contribution in [3.8, 4) is 39.1 Å². The zero-order valence-electron chi connectivity index (χ0n) is 26.8. The number of aromatic nitrogens is 1. The van der Waals surface area contributed by atoms with Crippen molar-refractivity contribution >= 4 is 54.1 Å². The molecule has 0 saturated carbocycles. The molecule has 0 spiro atoms. The molecule has 9 aromatic carbocycles. The second-order valence-electron chi connectivity index (χ2n) is 12.8. The summed E-state index contributed by atoms with van der Waals surface area (Å²) in [6, 6.07) is 68.7. The summed E-state index contributed by atoms with van der Waals surface area (Å²) in [7, 11) is 0. The van der Waals surface area contributed by atoms with E-state index in [-0.39, 0.29) is 0 Å². The number of benzene rings is 9. The summed E-state index contributed by atoms with van der Waals surface area (Å²) in [5.74, 6) is 0. The lowest BCUT2D eigenvalue weighted by atomic mass is 9.84. The predicted molar refractivity (Wildman–Crippen MR) is 210 cm³/mol. The van der Waals surface area contributed by atoms with Crippen molar-refractivity contribution in [1.29, 1.82) is 0 Å². The first-order valence-electron chi connectivity index (χ1n) is 17.0. The minimum Gasteiger partial charge on any atom is -0.309 e. The molecule has 0 radical (unpaired) electrons. The number of hydrogen-bond donors (Lipinski definition) is 0. The normalized spacial score (nSPS) is 11.7. The zero-order valence-corrected chi connectivity index (χ0v) is 26.8. The molecule has 1 aromatic heterocycles. The van der Waals surface area contributed by atoms with Gasteiger partial charge in [-0.05, 0) is 90.0 Å². The Kier molecular flexibility index (Phi) is 6.25. The van der Waals surface area contributed by atoms with Gasteiger partial charge in [0.2, 0.25) is 0 Å². The highest BCUT2D eigenvalue weighted by Crippen LogP contribution is 2.46. The molecule has 0 amide bonds. The van der Waals surface area contributed by atoms with Gasteiger partial charge >= 0.3 is 0 Å². The Hall–Kier alpha value is -6.44. The predicted octanol–water partition coefficient (Wildman–Crippen LogP) is 13.2. The van der Waals surface area contributed by atoms with Crippen molar-refractivity contribution < 1.29 is 0 Å². The second kappa shape index (κ2) is 11.1. The molecule has 0 saturated heterocycles. The molecule has 0 fully saturated rings. The molecular weight excluding hydrogens is 591 g/mol. The van der Waals surface area contributed by atoms with Gasteiger partial charge in [-0.25, -0.2) is 0 Å². The molecule has 10 rings (SSSR count). The highest BCUT2D eigenvalue weighted by atomic mass is 15.0. The molecule has 228 valence electrons. The third-order valence-corrected chi connectivity index (χ3v) is 10.2. The summed E-state index contributed by atoms with van der Waals surface area (Å²) in [5.41, 5.74) is 11.1. The van der Waals surface area contributed by atoms with Crippen molar-refractivity contribution in [2.75, 3.05) is 0 Å². The maximum Gasteiger partial charge on any atom is 0.0547 e. The fourth-order valence-corrected chi connectivity index (χ4v) is 8.10. The fraction of sp³-hybridized carbons (Fsp3) is 0. The van der Waals surface area contributed by atoms with Gasteiger partial charge < -0.3 is 4.57 Å². The maximum absolute atomic E-state index is 2.40. The summed E-state index contributed by atoms with van der Waals surface area (Å²) in [6.07, 6.45) is 0. The average Bonchev–Trinajstić information content (AvgIpc) is 3.51. The molecule has 0 aliphatic rings. The van der Waals surface area contributed by atoms with Crippen molar-refractivity contribution in [2.24, 2.45) is 0 Å². The highest BCUT2D eigenvalue weighted by molar-refractivity contribution is 6.24. The fourth-order valence-electron chi connectivity index (χ4n) is 8.10. The van der Waals surface area contributed by atoms with Crippen LogP contribution in [0.5, 0.6) is 0 Å². The van der Waals surface area contributed by atoms with Gasteiger partial charge in [0.05, 0.1) is 11.0 Å². The number of para-hydroxylation sites is 2. The molecule has 10 aromatic rings. The van der Waals surface area contributed by atoms with Crippen LogP contribution in [0.2, 0.25) is 0 Å². The summed E-state index contributed by atoms with van der Waals surface area (Å²) < 4.78 is 2.40. The molecule has 1 nitrogen and oxygen atoms in total. The van der Waals surface area contributed by atoms with E-state index in [0.717, 1.165) is 0 Å². The highest BCUT2D eigenvalue weighted by Gasteiger charge is 2.19. The van der Waals surface area contributed by atoms with Gasteiger partial charge in [-0.3, -0.25) is 0 Å². The van der Waals surface area contributed by atoms with Gasteiger partial charge in [-0.2, -0.15) is 0 Å². The van der Waals surface area contributed by atoms with Crippen LogP contribution >= 0.6 is 0 Å². The van der Waals surface area contributed by atoms with E-state index in [9.17, 15) is 0 Å². The lowest BCUT2D eigenvalue weighted by Crippen LogP contribution is -1.94. The van der Waals surface area contributed by atoms with E-state index >= 15 is 0 Å². The van der Waals surface area contributed by atoms with E-state index in [1.54, 1.807) is 0 Å². The lowest BCUT2D eigenvalue weighted by Gasteiger charge is -2.19. The summed E-state index contributed by atoms with van der Waals surface area (Å²) in [6.45, 7) is 0. The quantitative estimate of drug-likeness (QED) is 0.172. The SMILES string of the molecule is c1ccc(-c2c3ccccc3c(-c3ccc(-c4ccc5c6ccccc6n(-c6ccccc6)c5c4)c4ccccc34)c3ccccc23)cc1. The van der Waals surface area contributed by atoms with Crippen LogP contribution in [0.4, 0.5) is 0 Å². The van der Waals surface area contributed by atoms with E-state index in [1.165, 1.54) is 93.2 Å². The third-order valence-electron chi connectivity index (χ3n) is 10.2. The number of hydrogen-bond acceptors (Lipinski definition) is 0. The minimum absolute atomic E-state index is 1.17. The molecule has 0 N–H and O–H groups in total. The van der Waals surface area contributed by atoms with E-state index in [2.05, 4.69) is 193 Å². The molecule has 0 aliphatic carbocycles. The molecule has 0 aliphatic heterocycles. The van der Waals surface area contributed by atoms with E-state index < -0.39 is 0 Å². The van der Waals surface area contributed by atoms with E-state index in [0.29, 0.717) is 0 Å². The topological polar surface area (TPSA) is 4.93 Å². The van der Waals surface area contributed by atoms with E-state index in [4.69, 9.17) is 0 Å². The largest absolute Gasteiger partial charge is 0.309 e. The van der Waals surface area contributed by atoms with Crippen LogP contribution in [-0.4, -0.2) is 4.57 Å². The Morgan fingerprint density at radius 3 is 1.39 bits per heavy atom. The Balaban J connectivity index is 1.24. The Morgan fingerprint density at radius 2 is 0.735 bits per heavy atom. The maximum atomic E-state index is 2.40. The Morgan fingerprint density at radius 1 is 0.265 bits per heavy atom. The summed E-state index contributed by atoms with van der Waals surface area (Å²) in [5, 5.41) is 10.1. The van der Waals surface area contributed by atoms with Crippen molar-refractivity contribution in [3.63, 3.8) is 0 Å². The number of fused-ring (bicyclic) bond motifs is 6. The van der Waals surface area contributed by atoms with E-state index in [1.807, 2.05) is 0 Å². The van der Waals surface area contributed by atoms with Crippen molar-refractivity contribution in [1.82, 2.24) is 4.57 Å². The molecule has 49 heavy (non-hydrogen) atoms. The first kappa shape index (κ1) is 27.7. The van der Waals surface area contributed by atoms with Crippen LogP contribution in [0.3, 0.4) is 0 Å². The van der Waals surface area contributed by atoms with Crippen LogP contribution in [0, 0.1) is 0 Å². The average molecular weight is 622 g/mol. The van der Waals surface area contributed by atoms with Gasteiger partial charge in [0.15, 0.2) is 0 Å². The standard InChI is InChI=1S/C48H31N/c1-3-15-32(16-4-1)47-40-22-9-11-24-42(40)48(43-25-12-10-23-41(43)47)44-30-29-35(36-19-7-8-20-37(36)44)33-27-28-39-38-21-13-14-26-45(38)49(46(39)31-33)34-17-5-2-6-18-34/h1-31H. The molecule has 1 heteroatoms. The van der Waals surface area contributed by atoms with Crippen LogP contribution in [0.25, 0.3) is 93.2 Å². The van der Waals surface area contributed by atoms with Gasteiger partial charge in [0, 0.05) is 16.5 Å². The van der Waals surface area contributed by atoms with Gasteiger partial charge in [0.1, 0.15) is 0 Å². The summed E-state index contributed by atoms with van der Waals surface area (Å²) in [4.78, 5) is 0. The third kappa shape index (κ3) is 4.26. The molecule has 1 heterocycles. The Bertz CT molecular complexity index is 2800. The molecular formula is C48H31N. The van der Waals surface area contributed by atoms with Crippen LogP contribution in [0.1, 0.15) is 0 Å².